The lowest BCUT2D eigenvalue weighted by Crippen LogP contribution is -2.34. The SMILES string of the molecule is COc1cc(/C=C/C(=O)NC2CCCCCCC2)cc(OC)c1OC. The van der Waals surface area contributed by atoms with Crippen LogP contribution in [0.5, 0.6) is 17.2 Å². The lowest BCUT2D eigenvalue weighted by molar-refractivity contribution is -0.117. The Labute approximate surface area is 150 Å². The number of ether oxygens (including phenoxy) is 3. The van der Waals surface area contributed by atoms with Crippen molar-refractivity contribution < 1.29 is 19.0 Å². The fraction of sp³-hybridized carbons (Fsp3) is 0.550. The number of hydrogen-bond acceptors (Lipinski definition) is 4. The second kappa shape index (κ2) is 9.97. The molecular weight excluding hydrogens is 318 g/mol. The number of methoxy groups -OCH3 is 3. The van der Waals surface area contributed by atoms with Crippen LogP contribution in [0.25, 0.3) is 6.08 Å². The summed E-state index contributed by atoms with van der Waals surface area (Å²) in [7, 11) is 4.72. The van der Waals surface area contributed by atoms with E-state index < -0.39 is 0 Å². The molecule has 1 aliphatic carbocycles. The summed E-state index contributed by atoms with van der Waals surface area (Å²) >= 11 is 0. The van der Waals surface area contributed by atoms with Gasteiger partial charge in [0.25, 0.3) is 0 Å². The minimum Gasteiger partial charge on any atom is -0.493 e. The van der Waals surface area contributed by atoms with E-state index in [4.69, 9.17) is 14.2 Å². The summed E-state index contributed by atoms with van der Waals surface area (Å²) in [5.41, 5.74) is 0.822. The maximum absolute atomic E-state index is 12.2. The molecule has 138 valence electrons. The lowest BCUT2D eigenvalue weighted by atomic mass is 9.97. The molecule has 1 N–H and O–H groups in total. The summed E-state index contributed by atoms with van der Waals surface area (Å²) < 4.78 is 16.0. The zero-order valence-electron chi connectivity index (χ0n) is 15.5. The topological polar surface area (TPSA) is 56.8 Å². The fourth-order valence-corrected chi connectivity index (χ4v) is 3.22. The largest absolute Gasteiger partial charge is 0.493 e. The van der Waals surface area contributed by atoms with E-state index in [1.807, 2.05) is 12.1 Å². The van der Waals surface area contributed by atoms with Crippen LogP contribution in [0.4, 0.5) is 0 Å². The zero-order valence-corrected chi connectivity index (χ0v) is 15.5. The van der Waals surface area contributed by atoms with E-state index in [0.717, 1.165) is 18.4 Å². The Morgan fingerprint density at radius 2 is 1.52 bits per heavy atom. The molecule has 25 heavy (non-hydrogen) atoms. The summed E-state index contributed by atoms with van der Waals surface area (Å²) in [4.78, 5) is 12.2. The van der Waals surface area contributed by atoms with Crippen molar-refractivity contribution in [2.75, 3.05) is 21.3 Å². The third kappa shape index (κ3) is 5.69. The lowest BCUT2D eigenvalue weighted by Gasteiger charge is -2.20. The highest BCUT2D eigenvalue weighted by Crippen LogP contribution is 2.38. The molecule has 1 amide bonds. The van der Waals surface area contributed by atoms with E-state index in [9.17, 15) is 4.79 Å². The van der Waals surface area contributed by atoms with Crippen LogP contribution in [0.1, 0.15) is 50.5 Å². The average molecular weight is 347 g/mol. The van der Waals surface area contributed by atoms with Gasteiger partial charge in [0, 0.05) is 12.1 Å². The summed E-state index contributed by atoms with van der Waals surface area (Å²) in [6.07, 6.45) is 11.7. The van der Waals surface area contributed by atoms with E-state index in [1.165, 1.54) is 32.1 Å². The van der Waals surface area contributed by atoms with Crippen molar-refractivity contribution >= 4 is 12.0 Å². The Kier molecular flexibility index (Phi) is 7.64. The molecule has 0 bridgehead atoms. The Morgan fingerprint density at radius 3 is 2.04 bits per heavy atom. The van der Waals surface area contributed by atoms with Crippen LogP contribution in [0.2, 0.25) is 0 Å². The van der Waals surface area contributed by atoms with Crippen molar-refractivity contribution in [3.8, 4) is 17.2 Å². The molecule has 0 aliphatic heterocycles. The first-order valence-electron chi connectivity index (χ1n) is 8.96. The number of hydrogen-bond donors (Lipinski definition) is 1. The van der Waals surface area contributed by atoms with Gasteiger partial charge in [0.1, 0.15) is 0 Å². The molecule has 0 saturated heterocycles. The van der Waals surface area contributed by atoms with Gasteiger partial charge in [-0.1, -0.05) is 32.1 Å². The van der Waals surface area contributed by atoms with Crippen LogP contribution in [0, 0.1) is 0 Å². The zero-order chi connectivity index (χ0) is 18.1. The predicted octanol–water partition coefficient (Wildman–Crippen LogP) is 3.95. The smallest absolute Gasteiger partial charge is 0.244 e. The van der Waals surface area contributed by atoms with Gasteiger partial charge in [-0.25, -0.2) is 0 Å². The third-order valence-corrected chi connectivity index (χ3v) is 4.57. The van der Waals surface area contributed by atoms with Crippen LogP contribution in [0.15, 0.2) is 18.2 Å². The van der Waals surface area contributed by atoms with Crippen molar-refractivity contribution in [1.82, 2.24) is 5.32 Å². The van der Waals surface area contributed by atoms with Gasteiger partial charge >= 0.3 is 0 Å². The van der Waals surface area contributed by atoms with E-state index in [-0.39, 0.29) is 11.9 Å². The van der Waals surface area contributed by atoms with Crippen LogP contribution in [-0.4, -0.2) is 33.3 Å². The van der Waals surface area contributed by atoms with Gasteiger partial charge in [0.15, 0.2) is 11.5 Å². The maximum Gasteiger partial charge on any atom is 0.244 e. The minimum atomic E-state index is -0.0562. The molecule has 1 aromatic rings. The summed E-state index contributed by atoms with van der Waals surface area (Å²) in [5, 5.41) is 3.12. The fourth-order valence-electron chi connectivity index (χ4n) is 3.22. The Bertz CT molecular complexity index is 564. The Balaban J connectivity index is 2.03. The van der Waals surface area contributed by atoms with E-state index in [0.29, 0.717) is 17.2 Å². The molecule has 1 aliphatic rings. The highest BCUT2D eigenvalue weighted by molar-refractivity contribution is 5.92. The first-order valence-corrected chi connectivity index (χ1v) is 8.96. The van der Waals surface area contributed by atoms with Gasteiger partial charge in [-0.05, 0) is 36.6 Å². The monoisotopic (exact) mass is 347 g/mol. The summed E-state index contributed by atoms with van der Waals surface area (Å²) in [6.45, 7) is 0. The highest BCUT2D eigenvalue weighted by Gasteiger charge is 2.14. The molecule has 5 nitrogen and oxygen atoms in total. The molecule has 0 spiro atoms. The molecule has 1 saturated carbocycles. The molecule has 0 aromatic heterocycles. The number of benzene rings is 1. The van der Waals surface area contributed by atoms with Gasteiger partial charge < -0.3 is 19.5 Å². The van der Waals surface area contributed by atoms with Crippen LogP contribution in [-0.2, 0) is 4.79 Å². The summed E-state index contributed by atoms with van der Waals surface area (Å²) in [5.74, 6) is 1.63. The molecule has 0 radical (unpaired) electrons. The van der Waals surface area contributed by atoms with Crippen molar-refractivity contribution in [3.63, 3.8) is 0 Å². The number of amides is 1. The Morgan fingerprint density at radius 1 is 0.960 bits per heavy atom. The highest BCUT2D eigenvalue weighted by atomic mass is 16.5. The van der Waals surface area contributed by atoms with E-state index in [2.05, 4.69) is 5.32 Å². The van der Waals surface area contributed by atoms with E-state index >= 15 is 0 Å². The molecule has 1 fully saturated rings. The van der Waals surface area contributed by atoms with Crippen molar-refractivity contribution in [3.05, 3.63) is 23.8 Å². The molecule has 0 atom stereocenters. The normalized spacial score (nSPS) is 16.1. The Hall–Kier alpha value is -2.17. The second-order valence-corrected chi connectivity index (χ2v) is 6.34. The molecule has 1 aromatic carbocycles. The second-order valence-electron chi connectivity index (χ2n) is 6.34. The number of carbonyl (C=O) groups is 1. The van der Waals surface area contributed by atoms with Crippen LogP contribution >= 0.6 is 0 Å². The van der Waals surface area contributed by atoms with Gasteiger partial charge in [-0.2, -0.15) is 0 Å². The van der Waals surface area contributed by atoms with Gasteiger partial charge in [0.05, 0.1) is 21.3 Å². The van der Waals surface area contributed by atoms with Gasteiger partial charge in [-0.3, -0.25) is 4.79 Å². The third-order valence-electron chi connectivity index (χ3n) is 4.57. The number of nitrogens with one attached hydrogen (secondary N) is 1. The van der Waals surface area contributed by atoms with Crippen molar-refractivity contribution in [2.45, 2.75) is 51.0 Å². The quantitative estimate of drug-likeness (QED) is 0.792. The summed E-state index contributed by atoms with van der Waals surface area (Å²) in [6, 6.07) is 3.93. The predicted molar refractivity (Wildman–Crippen MR) is 99.4 cm³/mol. The first kappa shape index (κ1) is 19.2. The molecule has 0 heterocycles. The maximum atomic E-state index is 12.2. The standard InChI is InChI=1S/C20H29NO4/c1-23-17-13-15(14-18(24-2)20(17)25-3)11-12-19(22)21-16-9-7-5-4-6-8-10-16/h11-14,16H,4-10H2,1-3H3,(H,21,22)/b12-11+. The number of rotatable bonds is 6. The van der Waals surface area contributed by atoms with Crippen LogP contribution < -0.4 is 19.5 Å². The molecule has 2 rings (SSSR count). The number of carbonyl (C=O) groups excluding carboxylic acids is 1. The first-order chi connectivity index (χ1) is 12.2. The van der Waals surface area contributed by atoms with Crippen molar-refractivity contribution in [1.29, 1.82) is 0 Å². The van der Waals surface area contributed by atoms with Crippen molar-refractivity contribution in [2.24, 2.45) is 0 Å². The van der Waals surface area contributed by atoms with Gasteiger partial charge in [0.2, 0.25) is 11.7 Å². The minimum absolute atomic E-state index is 0.0562. The molecule has 0 unspecified atom stereocenters. The van der Waals surface area contributed by atoms with E-state index in [1.54, 1.807) is 33.5 Å². The van der Waals surface area contributed by atoms with Gasteiger partial charge in [-0.15, -0.1) is 0 Å². The average Bonchev–Trinajstić information content (AvgIpc) is 2.61. The molecule has 5 heteroatoms. The van der Waals surface area contributed by atoms with Crippen LogP contribution in [0.3, 0.4) is 0 Å². The molecular formula is C20H29NO4.